The lowest BCUT2D eigenvalue weighted by Gasteiger charge is -1.98. The van der Waals surface area contributed by atoms with Crippen LogP contribution in [0.15, 0.2) is 17.9 Å². The third kappa shape index (κ3) is 3.16. The smallest absolute Gasteiger partial charge is 0.206 e. The summed E-state index contributed by atoms with van der Waals surface area (Å²) in [5, 5.41) is -4.15. The van der Waals surface area contributed by atoms with Crippen molar-refractivity contribution in [2.75, 3.05) is 0 Å². The molecule has 0 fully saturated rings. The average molecular weight is 160 g/mol. The summed E-state index contributed by atoms with van der Waals surface area (Å²) in [7, 11) is 0. The molecule has 0 atom stereocenters. The zero-order chi connectivity index (χ0) is 7.49. The van der Waals surface area contributed by atoms with E-state index >= 15 is 0 Å². The third-order valence-corrected chi connectivity index (χ3v) is 0.596. The van der Waals surface area contributed by atoms with Crippen LogP contribution in [-0.2, 0) is 0 Å². The number of alkyl halides is 3. The second-order valence-electron chi connectivity index (χ2n) is 1.07. The van der Waals surface area contributed by atoms with Crippen LogP contribution in [0, 0.1) is 0 Å². The lowest BCUT2D eigenvalue weighted by atomic mass is 10.6. The number of hydrogen-bond donors (Lipinski definition) is 0. The van der Waals surface area contributed by atoms with Crippen molar-refractivity contribution in [2.24, 2.45) is 0 Å². The first kappa shape index (κ1) is 8.53. The van der Waals surface area contributed by atoms with Gasteiger partial charge in [-0.3, -0.25) is 0 Å². The fraction of sp³-hybridized carbons (Fsp3) is 0.250. The van der Waals surface area contributed by atoms with Gasteiger partial charge in [0, 0.05) is 0 Å². The minimum atomic E-state index is -4.15. The van der Waals surface area contributed by atoms with Crippen LogP contribution in [0.3, 0.4) is 0 Å². The van der Waals surface area contributed by atoms with Gasteiger partial charge in [0.1, 0.15) is 6.33 Å². The molecule has 0 aromatic heterocycles. The minimum absolute atomic E-state index is 0.481. The highest BCUT2D eigenvalue weighted by atomic mass is 35.5. The van der Waals surface area contributed by atoms with Crippen molar-refractivity contribution in [3.8, 4) is 0 Å². The number of allylic oxidation sites excluding steroid dienone is 1. The van der Waals surface area contributed by atoms with Crippen LogP contribution in [0.1, 0.15) is 0 Å². The fourth-order valence-electron chi connectivity index (χ4n) is 0.130. The normalized spacial score (nSPS) is 10.3. The number of hydrogen-bond acceptors (Lipinski definition) is 0. The van der Waals surface area contributed by atoms with E-state index in [0.29, 0.717) is 0 Å². The summed E-state index contributed by atoms with van der Waals surface area (Å²) in [6.45, 7) is 0. The van der Waals surface area contributed by atoms with Gasteiger partial charge in [-0.2, -0.15) is 13.2 Å². The second-order valence-corrected chi connectivity index (χ2v) is 1.54. The Kier molecular flexibility index (Phi) is 2.74. The molecule has 0 nitrogen and oxygen atoms in total. The molecule has 52 valence electrons. The number of halogens is 5. The lowest BCUT2D eigenvalue weighted by Crippen LogP contribution is -2.04. The molecule has 0 saturated carbocycles. The first-order valence-corrected chi connectivity index (χ1v) is 2.14. The summed E-state index contributed by atoms with van der Waals surface area (Å²) in [6.07, 6.45) is -0.481. The molecule has 0 aliphatic rings. The largest absolute Gasteiger partial charge is 0.381 e. The van der Waals surface area contributed by atoms with E-state index in [2.05, 4.69) is 11.6 Å². The summed E-state index contributed by atoms with van der Waals surface area (Å²) >= 11 is 4.07. The van der Waals surface area contributed by atoms with Crippen molar-refractivity contribution in [1.82, 2.24) is 0 Å². The molecule has 9 heavy (non-hydrogen) atoms. The zero-order valence-electron chi connectivity index (χ0n) is 3.97. The summed E-state index contributed by atoms with van der Waals surface area (Å²) in [5.74, 6) is -2.13. The molecule has 0 aliphatic carbocycles. The molecule has 0 saturated heterocycles. The van der Waals surface area contributed by atoms with Crippen molar-refractivity contribution in [3.05, 3.63) is 17.9 Å². The van der Waals surface area contributed by atoms with Crippen LogP contribution < -0.4 is 0 Å². The molecule has 0 spiro atoms. The fourth-order valence-corrected chi connectivity index (χ4v) is 0.184. The van der Waals surface area contributed by atoms with Gasteiger partial charge in [0.25, 0.3) is 0 Å². The Morgan fingerprint density at radius 1 is 1.56 bits per heavy atom. The Morgan fingerprint density at radius 2 is 2.00 bits per heavy atom. The first-order chi connectivity index (χ1) is 3.98. The molecule has 0 radical (unpaired) electrons. The minimum Gasteiger partial charge on any atom is -0.206 e. The molecule has 0 aromatic carbocycles. The van der Waals surface area contributed by atoms with Crippen molar-refractivity contribution in [2.45, 2.75) is 5.38 Å². The van der Waals surface area contributed by atoms with Gasteiger partial charge in [-0.1, -0.05) is 0 Å². The van der Waals surface area contributed by atoms with Crippen molar-refractivity contribution < 1.29 is 17.6 Å². The van der Waals surface area contributed by atoms with E-state index in [1.54, 1.807) is 0 Å². The second kappa shape index (κ2) is 2.90. The molecule has 0 aromatic rings. The van der Waals surface area contributed by atoms with E-state index in [0.717, 1.165) is 5.73 Å². The predicted octanol–water partition coefficient (Wildman–Crippen LogP) is 2.75. The SMILES string of the molecule is FC=C=C(F)C(F)(F)Cl. The van der Waals surface area contributed by atoms with Crippen LogP contribution in [0.25, 0.3) is 0 Å². The molecule has 0 heterocycles. The molecule has 5 heteroatoms. The van der Waals surface area contributed by atoms with E-state index < -0.39 is 17.5 Å². The molecule has 0 N–H and O–H groups in total. The topological polar surface area (TPSA) is 0 Å². The van der Waals surface area contributed by atoms with E-state index in [4.69, 9.17) is 0 Å². The molecule has 0 aliphatic heterocycles. The summed E-state index contributed by atoms with van der Waals surface area (Å²) in [4.78, 5) is 0. The van der Waals surface area contributed by atoms with Crippen LogP contribution in [-0.4, -0.2) is 5.38 Å². The first-order valence-electron chi connectivity index (χ1n) is 1.76. The van der Waals surface area contributed by atoms with Gasteiger partial charge in [-0.05, 0) is 17.3 Å². The summed E-state index contributed by atoms with van der Waals surface area (Å²) < 4.78 is 45.3. The maximum Gasteiger partial charge on any atom is 0.381 e. The Bertz CT molecular complexity index is 150. The van der Waals surface area contributed by atoms with Gasteiger partial charge < -0.3 is 0 Å². The third-order valence-electron chi connectivity index (χ3n) is 0.430. The van der Waals surface area contributed by atoms with Crippen LogP contribution in [0.5, 0.6) is 0 Å². The van der Waals surface area contributed by atoms with Gasteiger partial charge in [0.2, 0.25) is 5.83 Å². The number of rotatable bonds is 1. The Labute approximate surface area is 53.4 Å². The van der Waals surface area contributed by atoms with Crippen molar-refractivity contribution in [1.29, 1.82) is 0 Å². The van der Waals surface area contributed by atoms with Crippen molar-refractivity contribution >= 4 is 11.6 Å². The van der Waals surface area contributed by atoms with Crippen molar-refractivity contribution in [3.63, 3.8) is 0 Å². The van der Waals surface area contributed by atoms with Crippen LogP contribution >= 0.6 is 11.6 Å². The predicted molar refractivity (Wildman–Crippen MR) is 24.6 cm³/mol. The van der Waals surface area contributed by atoms with E-state index in [1.807, 2.05) is 0 Å². The average Bonchev–Trinajstić information content (AvgIpc) is 1.64. The van der Waals surface area contributed by atoms with E-state index in [1.165, 1.54) is 0 Å². The molecule has 0 unspecified atom stereocenters. The lowest BCUT2D eigenvalue weighted by molar-refractivity contribution is 0.110. The summed E-state index contributed by atoms with van der Waals surface area (Å²) in [5.41, 5.74) is 0.962. The molecule has 0 bridgehead atoms. The molecule has 0 rings (SSSR count). The maximum absolute atomic E-state index is 11.6. The van der Waals surface area contributed by atoms with Gasteiger partial charge >= 0.3 is 5.38 Å². The molecular weight excluding hydrogens is 159 g/mol. The van der Waals surface area contributed by atoms with E-state index in [-0.39, 0.29) is 0 Å². The highest BCUT2D eigenvalue weighted by Gasteiger charge is 2.31. The van der Waals surface area contributed by atoms with Gasteiger partial charge in [0.05, 0.1) is 0 Å². The van der Waals surface area contributed by atoms with Gasteiger partial charge in [-0.25, -0.2) is 4.39 Å². The standard InChI is InChI=1S/C4HClF4/c5-4(8,9)3(7)1-2-6/h2H. The zero-order valence-corrected chi connectivity index (χ0v) is 4.72. The summed E-state index contributed by atoms with van der Waals surface area (Å²) in [6, 6.07) is 0. The van der Waals surface area contributed by atoms with Gasteiger partial charge in [0.15, 0.2) is 0 Å². The van der Waals surface area contributed by atoms with Crippen LogP contribution in [0.4, 0.5) is 17.6 Å². The molecule has 0 amide bonds. The highest BCUT2D eigenvalue weighted by Crippen LogP contribution is 2.28. The molecular formula is C4HClF4. The highest BCUT2D eigenvalue weighted by molar-refractivity contribution is 6.23. The van der Waals surface area contributed by atoms with Crippen LogP contribution in [0.2, 0.25) is 0 Å². The maximum atomic E-state index is 11.6. The van der Waals surface area contributed by atoms with Gasteiger partial charge in [-0.15, -0.1) is 0 Å². The Hall–Kier alpha value is -0.470. The quantitative estimate of drug-likeness (QED) is 0.314. The monoisotopic (exact) mass is 160 g/mol. The Balaban J connectivity index is 4.40. The van der Waals surface area contributed by atoms with E-state index in [9.17, 15) is 17.6 Å². The Morgan fingerprint density at radius 3 is 2.11 bits per heavy atom.